The zero-order valence-electron chi connectivity index (χ0n) is 18.7. The number of piperidine rings is 1. The minimum atomic E-state index is -0.418. The summed E-state index contributed by atoms with van der Waals surface area (Å²) in [5.74, 6) is -0.128. The van der Waals surface area contributed by atoms with Gasteiger partial charge in [0.15, 0.2) is 0 Å². The van der Waals surface area contributed by atoms with Crippen molar-refractivity contribution in [1.29, 1.82) is 0 Å². The van der Waals surface area contributed by atoms with Gasteiger partial charge in [0, 0.05) is 42.6 Å². The molecular weight excluding hydrogens is 368 g/mol. The number of carbonyl (C=O) groups is 2. The van der Waals surface area contributed by atoms with Gasteiger partial charge < -0.3 is 9.47 Å². The second-order valence-electron chi connectivity index (χ2n) is 8.48. The van der Waals surface area contributed by atoms with Gasteiger partial charge in [0.05, 0.1) is 0 Å². The van der Waals surface area contributed by atoms with Crippen molar-refractivity contribution in [1.82, 2.24) is 4.90 Å². The molecule has 0 radical (unpaired) electrons. The number of hydrogen-bond donors (Lipinski definition) is 1. The zero-order chi connectivity index (χ0) is 21.7. The zero-order valence-corrected chi connectivity index (χ0v) is 18.7. The first-order valence-electron chi connectivity index (χ1n) is 10.6. The molecule has 2 rings (SSSR count). The van der Waals surface area contributed by atoms with Crippen LogP contribution in [0, 0.1) is 5.92 Å². The maximum atomic E-state index is 12.5. The molecule has 1 aliphatic rings. The summed E-state index contributed by atoms with van der Waals surface area (Å²) in [4.78, 5) is 26.2. The molecule has 0 aliphatic carbocycles. The molecule has 1 saturated heterocycles. The Labute approximate surface area is 174 Å². The molecule has 0 bridgehead atoms. The maximum Gasteiger partial charge on any atom is 0.411 e. The summed E-state index contributed by atoms with van der Waals surface area (Å²) in [6.07, 6.45) is 1.94. The van der Waals surface area contributed by atoms with Gasteiger partial charge in [0.1, 0.15) is 12.7 Å². The highest BCUT2D eigenvalue weighted by atomic mass is 16.6. The molecule has 162 valence electrons. The maximum absolute atomic E-state index is 12.5. The van der Waals surface area contributed by atoms with Crippen LogP contribution in [-0.4, -0.2) is 47.3 Å². The third kappa shape index (κ3) is 5.30. The van der Waals surface area contributed by atoms with Gasteiger partial charge in [-0.2, -0.15) is 0 Å². The van der Waals surface area contributed by atoms with Crippen molar-refractivity contribution >= 4 is 17.7 Å². The number of ether oxygens (including phenoxy) is 2. The fraction of sp³-hybridized carbons (Fsp3) is 0.652. The standard InChI is InChI=1S/C23H36N2O4/c1-7-22(5)16-20(29-21(27)24-19-12-10-9-11-13-19)17(3)23(6,8-2)25(22)14-15-28-18(4)26/h9-13,17,20H,7-8,14-16H2,1-6H3,(H,24,27). The van der Waals surface area contributed by atoms with E-state index >= 15 is 0 Å². The lowest BCUT2D eigenvalue weighted by molar-refractivity contribution is -0.153. The molecule has 4 unspecified atom stereocenters. The second-order valence-corrected chi connectivity index (χ2v) is 8.48. The van der Waals surface area contributed by atoms with Crippen molar-refractivity contribution in [2.24, 2.45) is 5.92 Å². The van der Waals surface area contributed by atoms with Crippen LogP contribution in [-0.2, 0) is 14.3 Å². The van der Waals surface area contributed by atoms with Crippen LogP contribution in [0.5, 0.6) is 0 Å². The minimum Gasteiger partial charge on any atom is -0.465 e. The summed E-state index contributed by atoms with van der Waals surface area (Å²) in [5, 5.41) is 2.83. The Kier molecular flexibility index (Phi) is 7.69. The smallest absolute Gasteiger partial charge is 0.411 e. The Balaban J connectivity index is 2.18. The molecule has 0 aromatic heterocycles. The number of anilines is 1. The Morgan fingerprint density at radius 2 is 1.83 bits per heavy atom. The van der Waals surface area contributed by atoms with E-state index in [0.29, 0.717) is 13.2 Å². The predicted octanol–water partition coefficient (Wildman–Crippen LogP) is 4.85. The average Bonchev–Trinajstić information content (AvgIpc) is 2.69. The minimum absolute atomic E-state index is 0.131. The fourth-order valence-corrected chi connectivity index (χ4v) is 4.59. The van der Waals surface area contributed by atoms with Crippen molar-refractivity contribution in [2.45, 2.75) is 78.0 Å². The van der Waals surface area contributed by atoms with Crippen LogP contribution < -0.4 is 5.32 Å². The number of para-hydroxylation sites is 1. The van der Waals surface area contributed by atoms with Gasteiger partial charge in [-0.1, -0.05) is 39.0 Å². The Hall–Kier alpha value is -2.08. The normalized spacial score (nSPS) is 29.9. The van der Waals surface area contributed by atoms with E-state index < -0.39 is 6.09 Å². The third-order valence-electron chi connectivity index (χ3n) is 6.82. The average molecular weight is 405 g/mol. The molecule has 1 fully saturated rings. The molecular formula is C23H36N2O4. The van der Waals surface area contributed by atoms with Crippen LogP contribution in [0.4, 0.5) is 10.5 Å². The highest BCUT2D eigenvalue weighted by molar-refractivity contribution is 5.84. The lowest BCUT2D eigenvalue weighted by Gasteiger charge is -2.60. The molecule has 1 amide bonds. The van der Waals surface area contributed by atoms with Gasteiger partial charge in [0.2, 0.25) is 0 Å². The number of esters is 1. The van der Waals surface area contributed by atoms with E-state index in [4.69, 9.17) is 9.47 Å². The molecule has 1 aromatic carbocycles. The number of amides is 1. The Morgan fingerprint density at radius 1 is 1.17 bits per heavy atom. The molecule has 4 atom stereocenters. The van der Waals surface area contributed by atoms with Gasteiger partial charge in [-0.05, 0) is 38.8 Å². The predicted molar refractivity (Wildman–Crippen MR) is 115 cm³/mol. The van der Waals surface area contributed by atoms with Crippen molar-refractivity contribution in [3.8, 4) is 0 Å². The van der Waals surface area contributed by atoms with Crippen LogP contribution in [0.2, 0.25) is 0 Å². The monoisotopic (exact) mass is 404 g/mol. The van der Waals surface area contributed by atoms with Crippen molar-refractivity contribution in [3.05, 3.63) is 30.3 Å². The molecule has 0 spiro atoms. The van der Waals surface area contributed by atoms with Gasteiger partial charge in [-0.15, -0.1) is 0 Å². The summed E-state index contributed by atoms with van der Waals surface area (Å²) < 4.78 is 11.2. The highest BCUT2D eigenvalue weighted by Crippen LogP contribution is 2.46. The van der Waals surface area contributed by atoms with Crippen LogP contribution in [0.25, 0.3) is 0 Å². The van der Waals surface area contributed by atoms with Crippen molar-refractivity contribution in [3.63, 3.8) is 0 Å². The first-order valence-corrected chi connectivity index (χ1v) is 10.6. The van der Waals surface area contributed by atoms with E-state index in [1.807, 2.05) is 30.3 Å². The van der Waals surface area contributed by atoms with Crippen LogP contribution in [0.3, 0.4) is 0 Å². The van der Waals surface area contributed by atoms with Gasteiger partial charge in [-0.25, -0.2) is 4.79 Å². The Morgan fingerprint density at radius 3 is 2.38 bits per heavy atom. The van der Waals surface area contributed by atoms with Crippen molar-refractivity contribution < 1.29 is 19.1 Å². The number of carbonyl (C=O) groups excluding carboxylic acids is 2. The van der Waals surface area contributed by atoms with Gasteiger partial charge in [-0.3, -0.25) is 15.0 Å². The topological polar surface area (TPSA) is 67.9 Å². The van der Waals surface area contributed by atoms with E-state index in [-0.39, 0.29) is 29.1 Å². The lowest BCUT2D eigenvalue weighted by Crippen LogP contribution is -2.68. The SMILES string of the molecule is CCC1(C)CC(OC(=O)Nc2ccccc2)C(C)C(C)(CC)N1CCOC(C)=O. The highest BCUT2D eigenvalue weighted by Gasteiger charge is 2.53. The molecule has 1 aliphatic heterocycles. The van der Waals surface area contributed by atoms with Crippen LogP contribution >= 0.6 is 0 Å². The molecule has 1 aromatic rings. The molecule has 6 nitrogen and oxygen atoms in total. The molecule has 6 heteroatoms. The van der Waals surface area contributed by atoms with Gasteiger partial charge >= 0.3 is 12.1 Å². The first-order chi connectivity index (χ1) is 13.7. The van der Waals surface area contributed by atoms with E-state index in [0.717, 1.165) is 24.9 Å². The number of rotatable bonds is 7. The summed E-state index contributed by atoms with van der Waals surface area (Å²) >= 11 is 0. The molecule has 1 N–H and O–H groups in total. The summed E-state index contributed by atoms with van der Waals surface area (Å²) in [7, 11) is 0. The second kappa shape index (κ2) is 9.61. The fourth-order valence-electron chi connectivity index (χ4n) is 4.59. The molecule has 29 heavy (non-hydrogen) atoms. The van der Waals surface area contributed by atoms with E-state index in [2.05, 4.69) is 44.8 Å². The molecule has 0 saturated carbocycles. The van der Waals surface area contributed by atoms with Gasteiger partial charge in [0.25, 0.3) is 0 Å². The number of nitrogens with one attached hydrogen (secondary N) is 1. The van der Waals surface area contributed by atoms with E-state index in [9.17, 15) is 9.59 Å². The number of benzene rings is 1. The summed E-state index contributed by atoms with van der Waals surface area (Å²) in [6, 6.07) is 9.34. The number of nitrogens with zero attached hydrogens (tertiary/aromatic N) is 1. The third-order valence-corrected chi connectivity index (χ3v) is 6.82. The van der Waals surface area contributed by atoms with E-state index in [1.54, 1.807) is 0 Å². The van der Waals surface area contributed by atoms with Crippen molar-refractivity contribution in [2.75, 3.05) is 18.5 Å². The summed E-state index contributed by atoms with van der Waals surface area (Å²) in [6.45, 7) is 13.4. The van der Waals surface area contributed by atoms with Crippen LogP contribution in [0.15, 0.2) is 30.3 Å². The van der Waals surface area contributed by atoms with E-state index in [1.165, 1.54) is 6.92 Å². The number of hydrogen-bond acceptors (Lipinski definition) is 5. The summed E-state index contributed by atoms with van der Waals surface area (Å²) in [5.41, 5.74) is 0.385. The number of likely N-dealkylation sites (tertiary alicyclic amines) is 1. The quantitative estimate of drug-likeness (QED) is 0.658. The molecule has 1 heterocycles. The van der Waals surface area contributed by atoms with Crippen LogP contribution in [0.1, 0.15) is 60.8 Å². The lowest BCUT2D eigenvalue weighted by atomic mass is 9.68. The first kappa shape index (κ1) is 23.2. The largest absolute Gasteiger partial charge is 0.465 e. The Bertz CT molecular complexity index is 695.